The number of nitrogens with one attached hydrogen (secondary N) is 1. The third kappa shape index (κ3) is 5.00. The number of nitrogens with two attached hydrogens (primary N) is 1. The fourth-order valence-electron chi connectivity index (χ4n) is 2.87. The van der Waals surface area contributed by atoms with Gasteiger partial charge in [0.15, 0.2) is 0 Å². The van der Waals surface area contributed by atoms with Gasteiger partial charge in [-0.25, -0.2) is 0 Å². The van der Waals surface area contributed by atoms with Crippen LogP contribution in [0.4, 0.5) is 0 Å². The second-order valence-electron chi connectivity index (χ2n) is 5.88. The standard InChI is InChI=1S/C17H26N2O2S/c1-21-14(12-18)11-16(20)19-13-17(9-5-6-10-17)22-15-7-3-2-4-8-15/h2-4,7-8,14H,5-6,9-13,18H2,1H3,(H,19,20). The second-order valence-corrected chi connectivity index (χ2v) is 7.42. The first-order valence-corrected chi connectivity index (χ1v) is 8.73. The molecule has 22 heavy (non-hydrogen) atoms. The van der Waals surface area contributed by atoms with E-state index in [0.29, 0.717) is 19.5 Å². The van der Waals surface area contributed by atoms with Gasteiger partial charge in [-0.3, -0.25) is 4.79 Å². The highest BCUT2D eigenvalue weighted by molar-refractivity contribution is 8.00. The van der Waals surface area contributed by atoms with Crippen molar-refractivity contribution in [2.45, 2.75) is 47.9 Å². The highest BCUT2D eigenvalue weighted by atomic mass is 32.2. The predicted molar refractivity (Wildman–Crippen MR) is 91.0 cm³/mol. The number of hydrogen-bond acceptors (Lipinski definition) is 4. The van der Waals surface area contributed by atoms with Crippen molar-refractivity contribution in [2.24, 2.45) is 5.73 Å². The van der Waals surface area contributed by atoms with Gasteiger partial charge in [0.2, 0.25) is 5.91 Å². The maximum absolute atomic E-state index is 12.1. The lowest BCUT2D eigenvalue weighted by Crippen LogP contribution is -2.40. The molecule has 0 heterocycles. The molecule has 1 aliphatic rings. The summed E-state index contributed by atoms with van der Waals surface area (Å²) in [6.45, 7) is 1.08. The Morgan fingerprint density at radius 2 is 2.05 bits per heavy atom. The van der Waals surface area contributed by atoms with Crippen LogP contribution < -0.4 is 11.1 Å². The lowest BCUT2D eigenvalue weighted by molar-refractivity contribution is -0.123. The van der Waals surface area contributed by atoms with Crippen molar-refractivity contribution in [2.75, 3.05) is 20.2 Å². The molecular weight excluding hydrogens is 296 g/mol. The lowest BCUT2D eigenvalue weighted by Gasteiger charge is -2.29. The number of hydrogen-bond donors (Lipinski definition) is 2. The molecule has 2 rings (SSSR count). The molecule has 0 aliphatic heterocycles. The van der Waals surface area contributed by atoms with Crippen LogP contribution in [0.15, 0.2) is 35.2 Å². The molecule has 3 N–H and O–H groups in total. The summed E-state index contributed by atoms with van der Waals surface area (Å²) < 4.78 is 5.30. The minimum atomic E-state index is -0.193. The smallest absolute Gasteiger partial charge is 0.222 e. The maximum atomic E-state index is 12.1. The fraction of sp³-hybridized carbons (Fsp3) is 0.588. The Kier molecular flexibility index (Phi) is 6.73. The summed E-state index contributed by atoms with van der Waals surface area (Å²) in [7, 11) is 1.59. The molecule has 1 fully saturated rings. The maximum Gasteiger partial charge on any atom is 0.222 e. The van der Waals surface area contributed by atoms with Crippen molar-refractivity contribution in [1.82, 2.24) is 5.32 Å². The van der Waals surface area contributed by atoms with E-state index in [2.05, 4.69) is 29.6 Å². The Labute approximate surface area is 137 Å². The quantitative estimate of drug-likeness (QED) is 0.772. The first-order chi connectivity index (χ1) is 10.7. The highest BCUT2D eigenvalue weighted by Gasteiger charge is 2.35. The molecule has 0 saturated heterocycles. The van der Waals surface area contributed by atoms with Gasteiger partial charge in [-0.05, 0) is 25.0 Å². The molecule has 5 heteroatoms. The number of rotatable bonds is 8. The van der Waals surface area contributed by atoms with Crippen LogP contribution in [0.1, 0.15) is 32.1 Å². The van der Waals surface area contributed by atoms with Gasteiger partial charge in [-0.15, -0.1) is 11.8 Å². The zero-order chi connectivity index (χ0) is 15.8. The Morgan fingerprint density at radius 1 is 1.36 bits per heavy atom. The molecule has 1 saturated carbocycles. The van der Waals surface area contributed by atoms with Crippen LogP contribution in [-0.2, 0) is 9.53 Å². The SMILES string of the molecule is COC(CN)CC(=O)NCC1(Sc2ccccc2)CCCC1. The molecule has 1 amide bonds. The molecule has 1 atom stereocenters. The van der Waals surface area contributed by atoms with Gasteiger partial charge in [0.25, 0.3) is 0 Å². The van der Waals surface area contributed by atoms with Crippen molar-refractivity contribution in [3.8, 4) is 0 Å². The predicted octanol–water partition coefficient (Wildman–Crippen LogP) is 2.57. The summed E-state index contributed by atoms with van der Waals surface area (Å²) in [4.78, 5) is 13.3. The van der Waals surface area contributed by atoms with Gasteiger partial charge in [-0.1, -0.05) is 31.0 Å². The van der Waals surface area contributed by atoms with E-state index in [1.54, 1.807) is 7.11 Å². The van der Waals surface area contributed by atoms with Gasteiger partial charge in [0.05, 0.1) is 12.5 Å². The summed E-state index contributed by atoms with van der Waals surface area (Å²) in [5.74, 6) is 0.0252. The molecule has 0 bridgehead atoms. The third-order valence-electron chi connectivity index (χ3n) is 4.21. The summed E-state index contributed by atoms with van der Waals surface area (Å²) in [6.07, 6.45) is 4.91. The summed E-state index contributed by atoms with van der Waals surface area (Å²) >= 11 is 1.90. The van der Waals surface area contributed by atoms with Crippen molar-refractivity contribution < 1.29 is 9.53 Å². The van der Waals surface area contributed by atoms with E-state index in [1.165, 1.54) is 17.7 Å². The molecule has 0 aromatic heterocycles. The number of thioether (sulfide) groups is 1. The first kappa shape index (κ1) is 17.3. The Morgan fingerprint density at radius 3 is 2.64 bits per heavy atom. The highest BCUT2D eigenvalue weighted by Crippen LogP contribution is 2.44. The number of carbonyl (C=O) groups is 1. The average Bonchev–Trinajstić information content (AvgIpc) is 3.00. The van der Waals surface area contributed by atoms with Crippen molar-refractivity contribution in [3.63, 3.8) is 0 Å². The zero-order valence-electron chi connectivity index (χ0n) is 13.2. The largest absolute Gasteiger partial charge is 0.380 e. The zero-order valence-corrected chi connectivity index (χ0v) is 14.0. The summed E-state index contributed by atoms with van der Waals surface area (Å²) in [5.41, 5.74) is 5.57. The minimum absolute atomic E-state index is 0.0252. The van der Waals surface area contributed by atoms with Gasteiger partial charge >= 0.3 is 0 Å². The first-order valence-electron chi connectivity index (χ1n) is 7.91. The number of benzene rings is 1. The Balaban J connectivity index is 1.90. The third-order valence-corrected chi connectivity index (χ3v) is 5.70. The van der Waals surface area contributed by atoms with Crippen LogP contribution in [0.5, 0.6) is 0 Å². The van der Waals surface area contributed by atoms with E-state index in [1.807, 2.05) is 17.8 Å². The lowest BCUT2D eigenvalue weighted by atomic mass is 10.1. The number of ether oxygens (including phenoxy) is 1. The molecule has 1 unspecified atom stereocenters. The summed E-state index contributed by atoms with van der Waals surface area (Å²) in [5, 5.41) is 3.09. The van der Waals surface area contributed by atoms with E-state index < -0.39 is 0 Å². The second kappa shape index (κ2) is 8.56. The molecule has 4 nitrogen and oxygen atoms in total. The van der Waals surface area contributed by atoms with E-state index in [4.69, 9.17) is 10.5 Å². The average molecular weight is 322 g/mol. The van der Waals surface area contributed by atoms with E-state index in [0.717, 1.165) is 12.8 Å². The van der Waals surface area contributed by atoms with Crippen LogP contribution >= 0.6 is 11.8 Å². The normalized spacial score (nSPS) is 18.1. The van der Waals surface area contributed by atoms with Crippen molar-refractivity contribution in [1.29, 1.82) is 0 Å². The van der Waals surface area contributed by atoms with Crippen molar-refractivity contribution in [3.05, 3.63) is 30.3 Å². The van der Waals surface area contributed by atoms with Gasteiger partial charge in [0.1, 0.15) is 0 Å². The van der Waals surface area contributed by atoms with Gasteiger partial charge in [0, 0.05) is 29.8 Å². The number of carbonyl (C=O) groups excluding carboxylic acids is 1. The van der Waals surface area contributed by atoms with E-state index >= 15 is 0 Å². The monoisotopic (exact) mass is 322 g/mol. The topological polar surface area (TPSA) is 64.3 Å². The minimum Gasteiger partial charge on any atom is -0.380 e. The number of methoxy groups -OCH3 is 1. The molecule has 1 aromatic carbocycles. The van der Waals surface area contributed by atoms with E-state index in [-0.39, 0.29) is 16.8 Å². The molecule has 0 spiro atoms. The van der Waals surface area contributed by atoms with Gasteiger partial charge in [-0.2, -0.15) is 0 Å². The van der Waals surface area contributed by atoms with Crippen LogP contribution in [0.25, 0.3) is 0 Å². The van der Waals surface area contributed by atoms with Crippen LogP contribution in [0.3, 0.4) is 0 Å². The molecule has 0 radical (unpaired) electrons. The van der Waals surface area contributed by atoms with Crippen molar-refractivity contribution >= 4 is 17.7 Å². The number of amides is 1. The molecule has 1 aliphatic carbocycles. The molecule has 1 aromatic rings. The Bertz CT molecular complexity index is 457. The molecule has 122 valence electrons. The van der Waals surface area contributed by atoms with Crippen LogP contribution in [-0.4, -0.2) is 37.0 Å². The van der Waals surface area contributed by atoms with E-state index in [9.17, 15) is 4.79 Å². The fourth-order valence-corrected chi connectivity index (χ4v) is 4.30. The molecular formula is C17H26N2O2S. The van der Waals surface area contributed by atoms with Gasteiger partial charge < -0.3 is 15.8 Å². The Hall–Kier alpha value is -1.04. The van der Waals surface area contributed by atoms with Crippen LogP contribution in [0, 0.1) is 0 Å². The summed E-state index contributed by atoms with van der Waals surface area (Å²) in [6, 6.07) is 10.4. The van der Waals surface area contributed by atoms with Crippen LogP contribution in [0.2, 0.25) is 0 Å².